The van der Waals surface area contributed by atoms with Gasteiger partial charge in [-0.1, -0.05) is 11.6 Å². The predicted molar refractivity (Wildman–Crippen MR) is 174 cm³/mol. The highest BCUT2D eigenvalue weighted by atomic mass is 35.5. The molecule has 4 fully saturated rings. The van der Waals surface area contributed by atoms with Crippen molar-refractivity contribution >= 4 is 58.2 Å². The number of imide groups is 2. The van der Waals surface area contributed by atoms with Gasteiger partial charge in [0.1, 0.15) is 11.6 Å². The molecule has 0 radical (unpaired) electrons. The number of nitrogens with zero attached hydrogens (tertiary/aromatic N) is 5. The summed E-state index contributed by atoms with van der Waals surface area (Å²) in [5.74, 6) is -1.91. The van der Waals surface area contributed by atoms with Crippen LogP contribution >= 0.6 is 11.6 Å². The number of fused-ring (bicyclic) bond motifs is 2. The van der Waals surface area contributed by atoms with Gasteiger partial charge in [0.2, 0.25) is 11.8 Å². The number of hydrogen-bond donors (Lipinski definition) is 2. The Bertz CT molecular complexity index is 1960. The van der Waals surface area contributed by atoms with Gasteiger partial charge < -0.3 is 15.1 Å². The third-order valence-electron chi connectivity index (χ3n) is 10.8. The summed E-state index contributed by atoms with van der Waals surface area (Å²) in [7, 11) is 0. The van der Waals surface area contributed by atoms with Crippen molar-refractivity contribution in [2.75, 3.05) is 41.3 Å². The topological polar surface area (TPSA) is 137 Å². The molecule has 50 heavy (non-hydrogen) atoms. The molecule has 260 valence electrons. The lowest BCUT2D eigenvalue weighted by Gasteiger charge is -2.40. The lowest BCUT2D eigenvalue weighted by molar-refractivity contribution is -0.138. The number of rotatable bonds is 6. The van der Waals surface area contributed by atoms with Crippen LogP contribution in [0.2, 0.25) is 5.02 Å². The van der Waals surface area contributed by atoms with Crippen LogP contribution in [0.5, 0.6) is 0 Å². The molecule has 1 saturated carbocycles. The second kappa shape index (κ2) is 11.6. The highest BCUT2D eigenvalue weighted by Gasteiger charge is 2.49. The zero-order chi connectivity index (χ0) is 35.1. The van der Waals surface area contributed by atoms with E-state index < -0.39 is 46.9 Å². The quantitative estimate of drug-likeness (QED) is 0.366. The molecule has 3 saturated heterocycles. The van der Waals surface area contributed by atoms with Gasteiger partial charge in [-0.3, -0.25) is 38.9 Å². The molecule has 0 spiro atoms. The average Bonchev–Trinajstić information content (AvgIpc) is 3.81. The Morgan fingerprint density at radius 1 is 0.920 bits per heavy atom. The summed E-state index contributed by atoms with van der Waals surface area (Å²) in [5.41, 5.74) is 0.404. The third-order valence-corrected chi connectivity index (χ3v) is 11.1. The van der Waals surface area contributed by atoms with Crippen molar-refractivity contribution in [1.82, 2.24) is 20.0 Å². The summed E-state index contributed by atoms with van der Waals surface area (Å²) >= 11 is 6.10. The number of piperidine rings is 1. The molecular formula is C34H31ClF3N7O5. The molecule has 4 aliphatic heterocycles. The van der Waals surface area contributed by atoms with E-state index in [9.17, 15) is 37.1 Å². The molecule has 5 heterocycles. The summed E-state index contributed by atoms with van der Waals surface area (Å²) < 4.78 is 40.9. The van der Waals surface area contributed by atoms with Gasteiger partial charge in [0, 0.05) is 56.3 Å². The second-order valence-corrected chi connectivity index (χ2v) is 14.1. The Labute approximate surface area is 288 Å². The summed E-state index contributed by atoms with van der Waals surface area (Å²) in [6.45, 7) is 2.96. The average molecular weight is 710 g/mol. The van der Waals surface area contributed by atoms with Crippen LogP contribution in [-0.4, -0.2) is 76.4 Å². The smallest absolute Gasteiger partial charge is 0.371 e. The molecule has 3 atom stereocenters. The van der Waals surface area contributed by atoms with Gasteiger partial charge in [0.05, 0.1) is 39.3 Å². The molecule has 3 aromatic rings. The maximum Gasteiger partial charge on any atom is 0.416 e. The standard InChI is InChI=1S/C34H31ClF3N7O5/c35-25-10-20(34(36,37)38)2-5-26(25)40-32(50)33(8-1-9-33)44-17-22(12-39-44)43-15-18-13-42(14-19(18)16-43)21-3-4-23-24(11-21)31(49)45(30(23)48)27-6-7-28(46)41-29(27)47/h2-5,10-12,17-19,27H,1,6-9,13-16H2,(H,40,50)(H,41,46,47)/t18-,19+,27?. The van der Waals surface area contributed by atoms with Crippen LogP contribution in [0.25, 0.3) is 0 Å². The third kappa shape index (κ3) is 5.20. The van der Waals surface area contributed by atoms with E-state index in [0.29, 0.717) is 24.7 Å². The van der Waals surface area contributed by atoms with Crippen molar-refractivity contribution in [3.05, 3.63) is 70.5 Å². The largest absolute Gasteiger partial charge is 0.416 e. The molecule has 5 aliphatic rings. The molecule has 16 heteroatoms. The minimum absolute atomic E-state index is 0.0564. The van der Waals surface area contributed by atoms with Crippen LogP contribution in [0.1, 0.15) is 58.4 Å². The maximum absolute atomic E-state index is 13.5. The van der Waals surface area contributed by atoms with Gasteiger partial charge in [-0.05, 0) is 62.1 Å². The first-order valence-electron chi connectivity index (χ1n) is 16.4. The molecule has 2 aromatic carbocycles. The van der Waals surface area contributed by atoms with Crippen LogP contribution in [-0.2, 0) is 26.1 Å². The molecule has 5 amide bonds. The van der Waals surface area contributed by atoms with Crippen molar-refractivity contribution in [2.24, 2.45) is 11.8 Å². The van der Waals surface area contributed by atoms with E-state index in [0.717, 1.165) is 67.1 Å². The Balaban J connectivity index is 0.919. The fourth-order valence-electron chi connectivity index (χ4n) is 7.88. The van der Waals surface area contributed by atoms with Crippen LogP contribution in [0, 0.1) is 11.8 Å². The highest BCUT2D eigenvalue weighted by Crippen LogP contribution is 2.43. The number of nitrogens with one attached hydrogen (secondary N) is 2. The van der Waals surface area contributed by atoms with E-state index >= 15 is 0 Å². The second-order valence-electron chi connectivity index (χ2n) is 13.7. The van der Waals surface area contributed by atoms with E-state index in [1.165, 1.54) is 0 Å². The van der Waals surface area contributed by atoms with Crippen molar-refractivity contribution in [3.63, 3.8) is 0 Å². The molecular weight excluding hydrogens is 679 g/mol. The van der Waals surface area contributed by atoms with Gasteiger partial charge >= 0.3 is 6.18 Å². The van der Waals surface area contributed by atoms with E-state index in [2.05, 4.69) is 25.5 Å². The van der Waals surface area contributed by atoms with Gasteiger partial charge in [0.25, 0.3) is 17.7 Å². The molecule has 1 aromatic heterocycles. The van der Waals surface area contributed by atoms with Gasteiger partial charge in [-0.25, -0.2) is 0 Å². The number of anilines is 3. The molecule has 1 aliphatic carbocycles. The first-order chi connectivity index (χ1) is 23.8. The molecule has 1 unspecified atom stereocenters. The van der Waals surface area contributed by atoms with Gasteiger partial charge in [-0.2, -0.15) is 18.3 Å². The lowest BCUT2D eigenvalue weighted by Crippen LogP contribution is -2.54. The minimum atomic E-state index is -4.55. The summed E-state index contributed by atoms with van der Waals surface area (Å²) in [6.07, 6.45) is 1.03. The van der Waals surface area contributed by atoms with Crippen molar-refractivity contribution in [2.45, 2.75) is 49.9 Å². The monoisotopic (exact) mass is 709 g/mol. The number of aromatic nitrogens is 2. The molecule has 12 nitrogen and oxygen atoms in total. The maximum atomic E-state index is 13.5. The molecule has 2 N–H and O–H groups in total. The van der Waals surface area contributed by atoms with Crippen LogP contribution < -0.4 is 20.4 Å². The summed E-state index contributed by atoms with van der Waals surface area (Å²) in [4.78, 5) is 69.3. The Morgan fingerprint density at radius 2 is 1.60 bits per heavy atom. The van der Waals surface area contributed by atoms with Gasteiger partial charge in [0.15, 0.2) is 0 Å². The van der Waals surface area contributed by atoms with Crippen LogP contribution in [0.3, 0.4) is 0 Å². The number of amides is 5. The Kier molecular flexibility index (Phi) is 7.47. The summed E-state index contributed by atoms with van der Waals surface area (Å²) in [6, 6.07) is 6.98. The Morgan fingerprint density at radius 3 is 2.22 bits per heavy atom. The molecule has 0 bridgehead atoms. The predicted octanol–water partition coefficient (Wildman–Crippen LogP) is 4.05. The summed E-state index contributed by atoms with van der Waals surface area (Å²) in [5, 5.41) is 9.28. The number of carbonyl (C=O) groups is 5. The Hall–Kier alpha value is -4.92. The fraction of sp³-hybridized carbons (Fsp3) is 0.412. The first kappa shape index (κ1) is 32.3. The molecule has 8 rings (SSSR count). The van der Waals surface area contributed by atoms with Gasteiger partial charge in [-0.15, -0.1) is 0 Å². The lowest BCUT2D eigenvalue weighted by atomic mass is 9.76. The minimum Gasteiger partial charge on any atom is -0.371 e. The van der Waals surface area contributed by atoms with E-state index in [1.807, 2.05) is 12.3 Å². The van der Waals surface area contributed by atoms with Crippen molar-refractivity contribution in [1.29, 1.82) is 0 Å². The van der Waals surface area contributed by atoms with Crippen molar-refractivity contribution in [3.8, 4) is 0 Å². The number of hydrogen-bond acceptors (Lipinski definition) is 8. The highest BCUT2D eigenvalue weighted by molar-refractivity contribution is 6.33. The number of halogens is 4. The number of alkyl halides is 3. The van der Waals surface area contributed by atoms with Crippen LogP contribution in [0.15, 0.2) is 48.8 Å². The zero-order valence-electron chi connectivity index (χ0n) is 26.5. The van der Waals surface area contributed by atoms with E-state index in [4.69, 9.17) is 11.6 Å². The van der Waals surface area contributed by atoms with Crippen molar-refractivity contribution < 1.29 is 37.1 Å². The van der Waals surface area contributed by atoms with E-state index in [-0.39, 0.29) is 40.6 Å². The number of carbonyl (C=O) groups excluding carboxylic acids is 5. The van der Waals surface area contributed by atoms with E-state index in [1.54, 1.807) is 23.0 Å². The zero-order valence-corrected chi connectivity index (χ0v) is 27.3. The fourth-order valence-corrected chi connectivity index (χ4v) is 8.11. The first-order valence-corrected chi connectivity index (χ1v) is 16.8. The normalized spacial score (nSPS) is 24.3. The SMILES string of the molecule is O=C1CCC(N2C(=O)c3ccc(N4C[C@@H]5CN(c6cnn(C7(C(=O)Nc8ccc(C(F)(F)F)cc8Cl)CCC7)c6)C[C@@H]5C4)cc3C2=O)C(=O)N1. The number of benzene rings is 2. The van der Waals surface area contributed by atoms with Crippen LogP contribution in [0.4, 0.5) is 30.2 Å².